The Hall–Kier alpha value is -3.16. The van der Waals surface area contributed by atoms with Crippen LogP contribution in [-0.2, 0) is 14.8 Å². The Morgan fingerprint density at radius 1 is 0.821 bits per heavy atom. The number of amides is 1. The van der Waals surface area contributed by atoms with Crippen LogP contribution in [0.4, 0.5) is 5.69 Å². The van der Waals surface area contributed by atoms with E-state index in [1.807, 2.05) is 30.3 Å². The maximum absolute atomic E-state index is 12.3. The van der Waals surface area contributed by atoms with Crippen molar-refractivity contribution < 1.29 is 17.9 Å². The Balaban J connectivity index is 1.59. The van der Waals surface area contributed by atoms with Crippen molar-refractivity contribution in [1.29, 1.82) is 0 Å². The van der Waals surface area contributed by atoms with Gasteiger partial charge >= 0.3 is 0 Å². The van der Waals surface area contributed by atoms with Gasteiger partial charge in [-0.2, -0.15) is 4.72 Å². The topological polar surface area (TPSA) is 84.5 Å². The van der Waals surface area contributed by atoms with Gasteiger partial charge in [-0.3, -0.25) is 4.79 Å². The lowest BCUT2D eigenvalue weighted by Gasteiger charge is -2.15. The molecule has 0 spiro atoms. The maximum Gasteiger partial charge on any atom is 0.242 e. The number of rotatable bonds is 7. The third kappa shape index (κ3) is 5.18. The summed E-state index contributed by atoms with van der Waals surface area (Å²) in [7, 11) is -3.77. The van der Waals surface area contributed by atoms with Gasteiger partial charge in [0.2, 0.25) is 15.9 Å². The number of nitrogens with one attached hydrogen (secondary N) is 2. The summed E-state index contributed by atoms with van der Waals surface area (Å²) in [6.07, 6.45) is 0. The molecule has 1 atom stereocenters. The average molecular weight is 396 g/mol. The molecule has 6 nitrogen and oxygen atoms in total. The molecule has 0 bridgehead atoms. The number of benzene rings is 3. The Kier molecular flexibility index (Phi) is 6.08. The van der Waals surface area contributed by atoms with Crippen molar-refractivity contribution in [2.24, 2.45) is 0 Å². The van der Waals surface area contributed by atoms with E-state index in [-0.39, 0.29) is 4.90 Å². The molecule has 2 N–H and O–H groups in total. The summed E-state index contributed by atoms with van der Waals surface area (Å²) in [5, 5.41) is 2.69. The first-order chi connectivity index (χ1) is 13.4. The number of para-hydroxylation sites is 1. The Labute approximate surface area is 164 Å². The predicted octanol–water partition coefficient (Wildman–Crippen LogP) is 3.78. The summed E-state index contributed by atoms with van der Waals surface area (Å²) in [6.45, 7) is 1.49. The summed E-state index contributed by atoms with van der Waals surface area (Å²) in [5.41, 5.74) is 0.538. The van der Waals surface area contributed by atoms with Gasteiger partial charge in [-0.15, -0.1) is 0 Å². The minimum Gasteiger partial charge on any atom is -0.457 e. The largest absolute Gasteiger partial charge is 0.457 e. The lowest BCUT2D eigenvalue weighted by atomic mass is 10.2. The first-order valence-corrected chi connectivity index (χ1v) is 10.1. The van der Waals surface area contributed by atoms with E-state index in [9.17, 15) is 13.2 Å². The fourth-order valence-corrected chi connectivity index (χ4v) is 3.66. The third-order valence-corrected chi connectivity index (χ3v) is 5.44. The van der Waals surface area contributed by atoms with Gasteiger partial charge in [0.1, 0.15) is 11.5 Å². The molecule has 1 amide bonds. The molecule has 0 aromatic heterocycles. The molecular weight excluding hydrogens is 376 g/mol. The van der Waals surface area contributed by atoms with E-state index >= 15 is 0 Å². The van der Waals surface area contributed by atoms with E-state index in [0.29, 0.717) is 17.2 Å². The van der Waals surface area contributed by atoms with E-state index in [1.54, 1.807) is 42.5 Å². The van der Waals surface area contributed by atoms with Crippen LogP contribution in [0.5, 0.6) is 11.5 Å². The van der Waals surface area contributed by atoms with Crippen molar-refractivity contribution in [2.75, 3.05) is 5.32 Å². The van der Waals surface area contributed by atoms with Crippen molar-refractivity contribution in [1.82, 2.24) is 4.72 Å². The fourth-order valence-electron chi connectivity index (χ4n) is 2.44. The molecule has 0 saturated heterocycles. The van der Waals surface area contributed by atoms with Crippen molar-refractivity contribution >= 4 is 21.6 Å². The molecule has 3 rings (SSSR count). The summed E-state index contributed by atoms with van der Waals surface area (Å²) in [6, 6.07) is 23.1. The van der Waals surface area contributed by atoms with E-state index in [0.717, 1.165) is 0 Å². The molecule has 0 fully saturated rings. The predicted molar refractivity (Wildman–Crippen MR) is 108 cm³/mol. The molecule has 7 heteroatoms. The number of hydrogen-bond donors (Lipinski definition) is 2. The van der Waals surface area contributed by atoms with Crippen molar-refractivity contribution in [2.45, 2.75) is 17.9 Å². The van der Waals surface area contributed by atoms with Gasteiger partial charge in [0.15, 0.2) is 0 Å². The first-order valence-electron chi connectivity index (χ1n) is 8.65. The van der Waals surface area contributed by atoms with Gasteiger partial charge in [0.25, 0.3) is 0 Å². The number of hydrogen-bond acceptors (Lipinski definition) is 4. The highest BCUT2D eigenvalue weighted by atomic mass is 32.2. The molecule has 3 aromatic rings. The van der Waals surface area contributed by atoms with Gasteiger partial charge in [0, 0.05) is 5.69 Å². The number of anilines is 1. The highest BCUT2D eigenvalue weighted by molar-refractivity contribution is 7.89. The van der Waals surface area contributed by atoms with Gasteiger partial charge < -0.3 is 10.1 Å². The van der Waals surface area contributed by atoms with Crippen LogP contribution < -0.4 is 14.8 Å². The minimum atomic E-state index is -3.77. The van der Waals surface area contributed by atoms with Gasteiger partial charge in [-0.25, -0.2) is 8.42 Å². The molecule has 3 aromatic carbocycles. The molecule has 0 aliphatic heterocycles. The van der Waals surface area contributed by atoms with Crippen LogP contribution in [0, 0.1) is 0 Å². The van der Waals surface area contributed by atoms with Crippen molar-refractivity contribution in [3.05, 3.63) is 84.9 Å². The number of carbonyl (C=O) groups excluding carboxylic acids is 1. The molecule has 144 valence electrons. The summed E-state index contributed by atoms with van der Waals surface area (Å²) < 4.78 is 32.7. The van der Waals surface area contributed by atoms with Crippen molar-refractivity contribution in [3.63, 3.8) is 0 Å². The number of sulfonamides is 1. The van der Waals surface area contributed by atoms with Gasteiger partial charge in [-0.1, -0.05) is 36.4 Å². The second kappa shape index (κ2) is 8.69. The van der Waals surface area contributed by atoms with Crippen molar-refractivity contribution in [3.8, 4) is 11.5 Å². The van der Waals surface area contributed by atoms with E-state index in [4.69, 9.17) is 4.74 Å². The van der Waals surface area contributed by atoms with E-state index in [2.05, 4.69) is 10.0 Å². The fraction of sp³-hybridized carbons (Fsp3) is 0.0952. The summed E-state index contributed by atoms with van der Waals surface area (Å²) in [4.78, 5) is 12.4. The normalized spacial score (nSPS) is 12.2. The zero-order valence-electron chi connectivity index (χ0n) is 15.2. The summed E-state index contributed by atoms with van der Waals surface area (Å²) >= 11 is 0. The molecule has 0 radical (unpaired) electrons. The molecule has 28 heavy (non-hydrogen) atoms. The molecule has 0 aliphatic carbocycles. The molecule has 0 heterocycles. The molecular formula is C21H20N2O4S. The van der Waals surface area contributed by atoms with Crippen LogP contribution in [0.1, 0.15) is 6.92 Å². The van der Waals surface area contributed by atoms with Crippen LogP contribution in [0.25, 0.3) is 0 Å². The van der Waals surface area contributed by atoms with E-state index < -0.39 is 22.0 Å². The van der Waals surface area contributed by atoms with Crippen LogP contribution >= 0.6 is 0 Å². The lowest BCUT2D eigenvalue weighted by Crippen LogP contribution is -2.41. The van der Waals surface area contributed by atoms with Gasteiger partial charge in [0.05, 0.1) is 10.9 Å². The van der Waals surface area contributed by atoms with E-state index in [1.165, 1.54) is 19.1 Å². The molecule has 0 saturated carbocycles. The Bertz CT molecular complexity index is 1020. The summed E-state index contributed by atoms with van der Waals surface area (Å²) in [5.74, 6) is 0.876. The smallest absolute Gasteiger partial charge is 0.242 e. The maximum atomic E-state index is 12.3. The molecule has 1 unspecified atom stereocenters. The van der Waals surface area contributed by atoms with Crippen LogP contribution in [0.15, 0.2) is 89.8 Å². The standard InChI is InChI=1S/C21H20N2O4S/c1-16(23-28(25,26)20-10-6-3-7-11-20)21(24)22-17-12-14-19(15-13-17)27-18-8-4-2-5-9-18/h2-16,23H,1H3,(H,22,24). The first kappa shape index (κ1) is 19.6. The minimum absolute atomic E-state index is 0.108. The average Bonchev–Trinajstić information content (AvgIpc) is 2.70. The van der Waals surface area contributed by atoms with Gasteiger partial charge in [-0.05, 0) is 55.5 Å². The van der Waals surface area contributed by atoms with Crippen LogP contribution in [0.2, 0.25) is 0 Å². The number of ether oxygens (including phenoxy) is 1. The highest BCUT2D eigenvalue weighted by Crippen LogP contribution is 2.22. The molecule has 0 aliphatic rings. The SMILES string of the molecule is CC(NS(=O)(=O)c1ccccc1)C(=O)Nc1ccc(Oc2ccccc2)cc1. The van der Waals surface area contributed by atoms with Crippen LogP contribution in [0.3, 0.4) is 0 Å². The number of carbonyl (C=O) groups is 1. The highest BCUT2D eigenvalue weighted by Gasteiger charge is 2.21. The van der Waals surface area contributed by atoms with Crippen LogP contribution in [-0.4, -0.2) is 20.4 Å². The Morgan fingerprint density at radius 2 is 1.36 bits per heavy atom. The zero-order valence-corrected chi connectivity index (χ0v) is 16.0. The second-order valence-electron chi connectivity index (χ2n) is 6.08. The third-order valence-electron chi connectivity index (χ3n) is 3.88. The monoisotopic (exact) mass is 396 g/mol. The second-order valence-corrected chi connectivity index (χ2v) is 7.80. The Morgan fingerprint density at radius 3 is 1.96 bits per heavy atom. The lowest BCUT2D eigenvalue weighted by molar-refractivity contribution is -0.117. The quantitative estimate of drug-likeness (QED) is 0.636. The zero-order chi connectivity index (χ0) is 20.0.